The quantitative estimate of drug-likeness (QED) is 0.237. The van der Waals surface area contributed by atoms with Gasteiger partial charge in [-0.2, -0.15) is 0 Å². The van der Waals surface area contributed by atoms with Crippen LogP contribution in [0.25, 0.3) is 10.8 Å². The van der Waals surface area contributed by atoms with Crippen LogP contribution >= 0.6 is 0 Å². The summed E-state index contributed by atoms with van der Waals surface area (Å²) >= 11 is 0. The number of nitrogens with one attached hydrogen (secondary N) is 2. The largest absolute Gasteiger partial charge is 0.508 e. The van der Waals surface area contributed by atoms with Gasteiger partial charge in [0.1, 0.15) is 23.4 Å². The number of alkyl carbamates (subject to hydrolysis) is 1. The van der Waals surface area contributed by atoms with Crippen LogP contribution in [0.5, 0.6) is 5.75 Å². The van der Waals surface area contributed by atoms with Crippen LogP contribution in [0.2, 0.25) is 0 Å². The van der Waals surface area contributed by atoms with Crippen LogP contribution in [-0.4, -0.2) is 45.1 Å². The summed E-state index contributed by atoms with van der Waals surface area (Å²) < 4.78 is 5.49. The standard InChI is InChI=1S/C34H45N3O5/c1-9-22(3)28(36-32(41)42-33(4,5)6)31(40)37(34(7,8)10-2)29(25-16-13-17-27(38)21-25)30(39)35-26-19-18-23-14-11-12-15-24(23)20-26/h11-22,28-29,38H,9-10H2,1-8H3,(H,35,39)(H,36,41). The van der Waals surface area contributed by atoms with Crippen LogP contribution in [0.3, 0.4) is 0 Å². The van der Waals surface area contributed by atoms with Gasteiger partial charge in [-0.05, 0) is 87.6 Å². The highest BCUT2D eigenvalue weighted by Gasteiger charge is 2.44. The molecule has 3 aromatic rings. The van der Waals surface area contributed by atoms with Crippen LogP contribution in [0, 0.1) is 5.92 Å². The molecular weight excluding hydrogens is 530 g/mol. The van der Waals surface area contributed by atoms with Crippen LogP contribution < -0.4 is 10.6 Å². The zero-order valence-electron chi connectivity index (χ0n) is 26.0. The minimum Gasteiger partial charge on any atom is -0.508 e. The Balaban J connectivity index is 2.12. The first-order chi connectivity index (χ1) is 19.7. The number of phenolic OH excluding ortho intramolecular Hbond substituents is 1. The van der Waals surface area contributed by atoms with Crippen molar-refractivity contribution in [3.8, 4) is 5.75 Å². The topological polar surface area (TPSA) is 108 Å². The third kappa shape index (κ3) is 8.02. The van der Waals surface area contributed by atoms with Gasteiger partial charge in [-0.15, -0.1) is 0 Å². The fourth-order valence-electron chi connectivity index (χ4n) is 4.80. The number of aromatic hydroxyl groups is 1. The van der Waals surface area contributed by atoms with E-state index in [0.717, 1.165) is 10.8 Å². The first-order valence-corrected chi connectivity index (χ1v) is 14.6. The molecule has 3 atom stereocenters. The zero-order chi connectivity index (χ0) is 31.2. The minimum absolute atomic E-state index is 0.0249. The average Bonchev–Trinajstić information content (AvgIpc) is 2.92. The molecule has 8 nitrogen and oxygen atoms in total. The van der Waals surface area contributed by atoms with Gasteiger partial charge in [0.2, 0.25) is 5.91 Å². The summed E-state index contributed by atoms with van der Waals surface area (Å²) in [6, 6.07) is 17.8. The molecule has 0 spiro atoms. The number of benzene rings is 3. The Morgan fingerprint density at radius 3 is 2.17 bits per heavy atom. The molecule has 0 fully saturated rings. The van der Waals surface area contributed by atoms with E-state index >= 15 is 0 Å². The molecule has 0 saturated carbocycles. The molecule has 42 heavy (non-hydrogen) atoms. The number of carbonyl (C=O) groups excluding carboxylic acids is 3. The molecule has 0 aromatic heterocycles. The van der Waals surface area contributed by atoms with Crippen molar-refractivity contribution < 1.29 is 24.2 Å². The number of fused-ring (bicyclic) bond motifs is 1. The second kappa shape index (κ2) is 13.3. The number of ether oxygens (including phenoxy) is 1. The van der Waals surface area contributed by atoms with Gasteiger partial charge in [-0.3, -0.25) is 9.59 Å². The molecule has 0 aliphatic heterocycles. The van der Waals surface area contributed by atoms with Crippen molar-refractivity contribution in [1.82, 2.24) is 10.2 Å². The van der Waals surface area contributed by atoms with E-state index in [-0.39, 0.29) is 11.7 Å². The van der Waals surface area contributed by atoms with Crippen molar-refractivity contribution in [1.29, 1.82) is 0 Å². The lowest BCUT2D eigenvalue weighted by molar-refractivity contribution is -0.148. The molecular formula is C34H45N3O5. The Labute approximate surface area is 249 Å². The maximum absolute atomic E-state index is 14.6. The summed E-state index contributed by atoms with van der Waals surface area (Å²) in [5.74, 6) is -1.13. The SMILES string of the molecule is CCC(C)C(NC(=O)OC(C)(C)C)C(=O)N(C(C(=O)Nc1ccc2ccccc2c1)c1cccc(O)c1)C(C)(C)CC. The number of amides is 3. The Hall–Kier alpha value is -4.07. The van der Waals surface area contributed by atoms with Crippen LogP contribution in [-0.2, 0) is 14.3 Å². The Morgan fingerprint density at radius 1 is 0.905 bits per heavy atom. The lowest BCUT2D eigenvalue weighted by Gasteiger charge is -2.45. The third-order valence-electron chi connectivity index (χ3n) is 7.62. The number of rotatable bonds is 10. The molecule has 0 saturated heterocycles. The van der Waals surface area contributed by atoms with Crippen molar-refractivity contribution in [3.63, 3.8) is 0 Å². The number of hydrogen-bond donors (Lipinski definition) is 3. The molecule has 3 aromatic carbocycles. The van der Waals surface area contributed by atoms with E-state index in [9.17, 15) is 19.5 Å². The number of nitrogens with zero attached hydrogens (tertiary/aromatic N) is 1. The van der Waals surface area contributed by atoms with Gasteiger partial charge in [0.05, 0.1) is 0 Å². The Morgan fingerprint density at radius 2 is 1.57 bits per heavy atom. The van der Waals surface area contributed by atoms with E-state index in [2.05, 4.69) is 10.6 Å². The van der Waals surface area contributed by atoms with Crippen molar-refractivity contribution in [3.05, 3.63) is 72.3 Å². The Kier molecular flexibility index (Phi) is 10.3. The maximum atomic E-state index is 14.6. The van der Waals surface area contributed by atoms with E-state index in [1.807, 2.05) is 77.1 Å². The predicted molar refractivity (Wildman–Crippen MR) is 167 cm³/mol. The predicted octanol–water partition coefficient (Wildman–Crippen LogP) is 7.18. The minimum atomic E-state index is -1.11. The first-order valence-electron chi connectivity index (χ1n) is 14.6. The van der Waals surface area contributed by atoms with Gasteiger partial charge in [0, 0.05) is 11.2 Å². The fraction of sp³-hybridized carbons (Fsp3) is 0.441. The van der Waals surface area contributed by atoms with E-state index in [0.29, 0.717) is 24.1 Å². The zero-order valence-corrected chi connectivity index (χ0v) is 26.0. The van der Waals surface area contributed by atoms with E-state index in [4.69, 9.17) is 4.74 Å². The molecule has 8 heteroatoms. The molecule has 3 unspecified atom stereocenters. The molecule has 0 aliphatic carbocycles. The van der Waals surface area contributed by atoms with E-state index < -0.39 is 41.1 Å². The summed E-state index contributed by atoms with van der Waals surface area (Å²) in [6.45, 7) is 14.8. The van der Waals surface area contributed by atoms with Gasteiger partial charge in [-0.1, -0.05) is 69.7 Å². The van der Waals surface area contributed by atoms with Crippen LogP contribution in [0.15, 0.2) is 66.7 Å². The second-order valence-corrected chi connectivity index (χ2v) is 12.4. The molecule has 3 N–H and O–H groups in total. The summed E-state index contributed by atoms with van der Waals surface area (Å²) in [7, 11) is 0. The maximum Gasteiger partial charge on any atom is 0.408 e. The van der Waals surface area contributed by atoms with Crippen molar-refractivity contribution in [2.24, 2.45) is 5.92 Å². The lowest BCUT2D eigenvalue weighted by atomic mass is 9.89. The summed E-state index contributed by atoms with van der Waals surface area (Å²) in [6.07, 6.45) is 0.425. The first kappa shape index (κ1) is 32.4. The molecule has 0 bridgehead atoms. The van der Waals surface area contributed by atoms with E-state index in [1.165, 1.54) is 12.1 Å². The average molecular weight is 576 g/mol. The Bertz CT molecular complexity index is 1410. The van der Waals surface area contributed by atoms with Crippen molar-refractivity contribution >= 4 is 34.4 Å². The van der Waals surface area contributed by atoms with Crippen LogP contribution in [0.1, 0.15) is 79.8 Å². The molecule has 226 valence electrons. The summed E-state index contributed by atoms with van der Waals surface area (Å²) in [5.41, 5.74) is -0.534. The molecule has 0 heterocycles. The van der Waals surface area contributed by atoms with Gasteiger partial charge < -0.3 is 25.4 Å². The fourth-order valence-corrected chi connectivity index (χ4v) is 4.80. The number of phenols is 1. The van der Waals surface area contributed by atoms with Crippen molar-refractivity contribution in [2.45, 2.75) is 91.5 Å². The highest BCUT2D eigenvalue weighted by atomic mass is 16.6. The summed E-state index contributed by atoms with van der Waals surface area (Å²) in [5, 5.41) is 18.2. The number of anilines is 1. The number of hydrogen-bond acceptors (Lipinski definition) is 5. The van der Waals surface area contributed by atoms with Gasteiger partial charge in [0.15, 0.2) is 0 Å². The smallest absolute Gasteiger partial charge is 0.408 e. The molecule has 0 aliphatic rings. The van der Waals surface area contributed by atoms with Gasteiger partial charge in [-0.25, -0.2) is 4.79 Å². The summed E-state index contributed by atoms with van der Waals surface area (Å²) in [4.78, 5) is 43.3. The second-order valence-electron chi connectivity index (χ2n) is 12.4. The van der Waals surface area contributed by atoms with Crippen LogP contribution in [0.4, 0.5) is 10.5 Å². The van der Waals surface area contributed by atoms with Gasteiger partial charge >= 0.3 is 6.09 Å². The highest BCUT2D eigenvalue weighted by molar-refractivity contribution is 6.00. The lowest BCUT2D eigenvalue weighted by Crippen LogP contribution is -2.60. The third-order valence-corrected chi connectivity index (χ3v) is 7.62. The van der Waals surface area contributed by atoms with Gasteiger partial charge in [0.25, 0.3) is 5.91 Å². The van der Waals surface area contributed by atoms with E-state index in [1.54, 1.807) is 37.8 Å². The number of carbonyl (C=O) groups is 3. The monoisotopic (exact) mass is 575 g/mol. The molecule has 3 amide bonds. The molecule has 3 rings (SSSR count). The normalized spacial score (nSPS) is 14.0. The molecule has 0 radical (unpaired) electrons. The van der Waals surface area contributed by atoms with Crippen molar-refractivity contribution in [2.75, 3.05) is 5.32 Å². The highest BCUT2D eigenvalue weighted by Crippen LogP contribution is 2.35.